The molecule has 1 N–H and O–H groups in total. The summed E-state index contributed by atoms with van der Waals surface area (Å²) in [6.45, 7) is 1.92. The van der Waals surface area contributed by atoms with Crippen LogP contribution in [0.5, 0.6) is 0 Å². The number of aromatic nitrogens is 2. The van der Waals surface area contributed by atoms with Crippen molar-refractivity contribution < 1.29 is 8.42 Å². The molecule has 0 amide bonds. The molecule has 1 fully saturated rings. The summed E-state index contributed by atoms with van der Waals surface area (Å²) in [6.07, 6.45) is 7.79. The number of aryl methyl sites for hydroxylation is 1. The van der Waals surface area contributed by atoms with E-state index in [9.17, 15) is 8.42 Å². The van der Waals surface area contributed by atoms with E-state index < -0.39 is 10.0 Å². The van der Waals surface area contributed by atoms with Gasteiger partial charge in [0.15, 0.2) is 0 Å². The van der Waals surface area contributed by atoms with Crippen LogP contribution in [-0.4, -0.2) is 24.2 Å². The summed E-state index contributed by atoms with van der Waals surface area (Å²) in [5.74, 6) is 0. The van der Waals surface area contributed by atoms with Crippen LogP contribution in [-0.2, 0) is 16.4 Å². The molecule has 3 aromatic rings. The van der Waals surface area contributed by atoms with Gasteiger partial charge in [-0.15, -0.1) is 11.3 Å². The van der Waals surface area contributed by atoms with E-state index in [1.165, 1.54) is 29.7 Å². The lowest BCUT2D eigenvalue weighted by molar-refractivity contribution is 0.467. The summed E-state index contributed by atoms with van der Waals surface area (Å²) < 4.78 is 31.2. The van der Waals surface area contributed by atoms with Crippen LogP contribution in [0.15, 0.2) is 58.9 Å². The van der Waals surface area contributed by atoms with Crippen molar-refractivity contribution in [1.82, 2.24) is 14.5 Å². The molecule has 1 aliphatic carbocycles. The van der Waals surface area contributed by atoms with Crippen LogP contribution in [0.2, 0.25) is 0 Å². The fourth-order valence-electron chi connectivity index (χ4n) is 3.93. The first-order chi connectivity index (χ1) is 14.0. The summed E-state index contributed by atoms with van der Waals surface area (Å²) in [5.41, 5.74) is 1.78. The van der Waals surface area contributed by atoms with E-state index in [4.69, 9.17) is 5.10 Å². The molecule has 29 heavy (non-hydrogen) atoms. The van der Waals surface area contributed by atoms with Crippen LogP contribution in [0.25, 0.3) is 10.6 Å². The zero-order valence-electron chi connectivity index (χ0n) is 16.6. The molecule has 154 valence electrons. The third-order valence-corrected chi connectivity index (χ3v) is 7.97. The molecule has 1 atom stereocenters. The lowest BCUT2D eigenvalue weighted by Crippen LogP contribution is -2.33. The molecular formula is C22H27N3O2S2. The van der Waals surface area contributed by atoms with Gasteiger partial charge in [0.05, 0.1) is 10.9 Å². The minimum Gasteiger partial charge on any atom is -0.268 e. The third-order valence-electron chi connectivity index (χ3n) is 5.51. The summed E-state index contributed by atoms with van der Waals surface area (Å²) >= 11 is 1.52. The lowest BCUT2D eigenvalue weighted by Gasteiger charge is -2.14. The van der Waals surface area contributed by atoms with Crippen LogP contribution in [0, 0.1) is 0 Å². The van der Waals surface area contributed by atoms with Crippen molar-refractivity contribution >= 4 is 21.4 Å². The van der Waals surface area contributed by atoms with E-state index in [2.05, 4.69) is 16.9 Å². The molecular weight excluding hydrogens is 402 g/mol. The van der Waals surface area contributed by atoms with E-state index in [1.54, 1.807) is 6.20 Å². The van der Waals surface area contributed by atoms with Gasteiger partial charge in [0.2, 0.25) is 10.0 Å². The first-order valence-electron chi connectivity index (χ1n) is 10.2. The maximum absolute atomic E-state index is 13.2. The van der Waals surface area contributed by atoms with Gasteiger partial charge in [-0.3, -0.25) is 4.68 Å². The highest BCUT2D eigenvalue weighted by Crippen LogP contribution is 2.34. The Balaban J connectivity index is 1.55. The predicted octanol–water partition coefficient (Wildman–Crippen LogP) is 5.03. The number of hydrogen-bond donors (Lipinski definition) is 1. The predicted molar refractivity (Wildman–Crippen MR) is 118 cm³/mol. The van der Waals surface area contributed by atoms with E-state index >= 15 is 0 Å². The second-order valence-electron chi connectivity index (χ2n) is 7.78. The van der Waals surface area contributed by atoms with Gasteiger partial charge >= 0.3 is 0 Å². The largest absolute Gasteiger partial charge is 0.268 e. The molecule has 2 heterocycles. The van der Waals surface area contributed by atoms with Gasteiger partial charge in [-0.2, -0.15) is 5.10 Å². The van der Waals surface area contributed by atoms with Gasteiger partial charge in [-0.05, 0) is 49.6 Å². The fraction of sp³-hybridized carbons (Fsp3) is 0.409. The number of nitrogens with one attached hydrogen (secondary N) is 1. The van der Waals surface area contributed by atoms with Crippen LogP contribution in [0.1, 0.15) is 50.6 Å². The SMILES string of the molecule is CC(CCc1ccccc1)NS(=O)(=O)c1cn(C2CCCC2)nc1-c1cccs1. The molecule has 0 saturated heterocycles. The highest BCUT2D eigenvalue weighted by molar-refractivity contribution is 7.89. The molecule has 0 spiro atoms. The molecule has 1 aromatic carbocycles. The molecule has 1 aliphatic rings. The first kappa shape index (κ1) is 20.3. The van der Waals surface area contributed by atoms with Gasteiger partial charge in [-0.1, -0.05) is 49.2 Å². The number of nitrogens with zero attached hydrogens (tertiary/aromatic N) is 2. The van der Waals surface area contributed by atoms with Crippen LogP contribution in [0.3, 0.4) is 0 Å². The molecule has 7 heteroatoms. The van der Waals surface area contributed by atoms with Crippen molar-refractivity contribution in [2.75, 3.05) is 0 Å². The topological polar surface area (TPSA) is 64.0 Å². The number of thiophene rings is 1. The number of sulfonamides is 1. The minimum atomic E-state index is -3.66. The summed E-state index contributed by atoms with van der Waals surface area (Å²) in [6, 6.07) is 14.2. The Morgan fingerprint density at radius 1 is 1.17 bits per heavy atom. The number of rotatable bonds is 8. The molecule has 1 saturated carbocycles. The van der Waals surface area contributed by atoms with Crippen LogP contribution in [0.4, 0.5) is 0 Å². The minimum absolute atomic E-state index is 0.161. The lowest BCUT2D eigenvalue weighted by atomic mass is 10.1. The quantitative estimate of drug-likeness (QED) is 0.546. The Hall–Kier alpha value is -1.96. The summed E-state index contributed by atoms with van der Waals surface area (Å²) in [7, 11) is -3.66. The second kappa shape index (κ2) is 8.81. The first-order valence-corrected chi connectivity index (χ1v) is 12.6. The fourth-order valence-corrected chi connectivity index (χ4v) is 6.14. The summed E-state index contributed by atoms with van der Waals surface area (Å²) in [4.78, 5) is 1.18. The molecule has 1 unspecified atom stereocenters. The van der Waals surface area contributed by atoms with Crippen molar-refractivity contribution in [1.29, 1.82) is 0 Å². The molecule has 0 bridgehead atoms. The molecule has 4 rings (SSSR count). The number of hydrogen-bond acceptors (Lipinski definition) is 4. The van der Waals surface area contributed by atoms with Gasteiger partial charge in [0.25, 0.3) is 0 Å². The second-order valence-corrected chi connectivity index (χ2v) is 10.4. The van der Waals surface area contributed by atoms with Crippen molar-refractivity contribution in [2.24, 2.45) is 0 Å². The van der Waals surface area contributed by atoms with Crippen molar-refractivity contribution in [2.45, 2.75) is 62.4 Å². The highest BCUT2D eigenvalue weighted by atomic mass is 32.2. The van der Waals surface area contributed by atoms with Gasteiger partial charge in [-0.25, -0.2) is 13.1 Å². The highest BCUT2D eigenvalue weighted by Gasteiger charge is 2.28. The van der Waals surface area contributed by atoms with Crippen molar-refractivity contribution in [3.05, 3.63) is 59.6 Å². The Bertz CT molecular complexity index is 1020. The molecule has 2 aromatic heterocycles. The zero-order valence-corrected chi connectivity index (χ0v) is 18.3. The monoisotopic (exact) mass is 429 g/mol. The van der Waals surface area contributed by atoms with Gasteiger partial charge < -0.3 is 0 Å². The average molecular weight is 430 g/mol. The maximum Gasteiger partial charge on any atom is 0.244 e. The van der Waals surface area contributed by atoms with E-state index in [0.29, 0.717) is 16.6 Å². The van der Waals surface area contributed by atoms with Gasteiger partial charge in [0.1, 0.15) is 10.6 Å². The van der Waals surface area contributed by atoms with Crippen LogP contribution >= 0.6 is 11.3 Å². The third kappa shape index (κ3) is 4.79. The Kier molecular flexibility index (Phi) is 6.18. The zero-order chi connectivity index (χ0) is 20.3. The van der Waals surface area contributed by atoms with E-state index in [0.717, 1.165) is 30.6 Å². The van der Waals surface area contributed by atoms with Crippen LogP contribution < -0.4 is 4.72 Å². The van der Waals surface area contributed by atoms with Crippen molar-refractivity contribution in [3.63, 3.8) is 0 Å². The van der Waals surface area contributed by atoms with Gasteiger partial charge in [0, 0.05) is 12.2 Å². The standard InChI is InChI=1S/C22H27N3O2S2/c1-17(13-14-18-8-3-2-4-9-18)24-29(26,27)21-16-25(19-10-5-6-11-19)23-22(21)20-12-7-15-28-20/h2-4,7-9,12,15-17,19,24H,5-6,10-11,13-14H2,1H3. The molecule has 5 nitrogen and oxygen atoms in total. The normalized spacial score (nSPS) is 16.3. The van der Waals surface area contributed by atoms with E-state index in [-0.39, 0.29) is 6.04 Å². The Labute approximate surface area is 176 Å². The molecule has 0 aliphatic heterocycles. The van der Waals surface area contributed by atoms with Crippen molar-refractivity contribution in [3.8, 4) is 10.6 Å². The summed E-state index contributed by atoms with van der Waals surface area (Å²) in [5, 5.41) is 6.66. The Morgan fingerprint density at radius 3 is 2.62 bits per heavy atom. The Morgan fingerprint density at radius 2 is 1.93 bits per heavy atom. The van der Waals surface area contributed by atoms with E-state index in [1.807, 2.05) is 47.3 Å². The number of benzene rings is 1. The maximum atomic E-state index is 13.2. The average Bonchev–Trinajstić information content (AvgIpc) is 3.47. The smallest absolute Gasteiger partial charge is 0.244 e. The molecule has 0 radical (unpaired) electrons.